The van der Waals surface area contributed by atoms with Crippen molar-refractivity contribution in [2.24, 2.45) is 23.7 Å². The summed E-state index contributed by atoms with van der Waals surface area (Å²) in [7, 11) is -3.52. The molecule has 1 aliphatic rings. The molecule has 1 fully saturated rings. The highest BCUT2D eigenvalue weighted by atomic mass is 32.3. The minimum absolute atomic E-state index is 0.0354. The second-order valence-corrected chi connectivity index (χ2v) is 14.1. The number of oxime groups is 1. The number of nitrogen functional groups attached to an aromatic ring is 1. The second kappa shape index (κ2) is 17.0. The molecule has 22 heteroatoms. The SMILES string of the molecule is C[n+]1cc(-c2ccc(OC[C@H](O/N=C(\C(=O)N[C@@H]3C(=O)N(OS(=O)(=O)[O-])C3(C)C)c3csc(N)n3)C(=O)O)cc2)ccc1NC(=O)[C@@H](N)CCCCN. The Morgan fingerprint density at radius 2 is 1.85 bits per heavy atom. The van der Waals surface area contributed by atoms with E-state index in [2.05, 4.69) is 25.1 Å². The predicted molar refractivity (Wildman–Crippen MR) is 187 cm³/mol. The number of hydroxylamine groups is 2. The van der Waals surface area contributed by atoms with Gasteiger partial charge < -0.3 is 41.8 Å². The van der Waals surface area contributed by atoms with Crippen LogP contribution >= 0.6 is 11.3 Å². The van der Waals surface area contributed by atoms with Gasteiger partial charge in [-0.2, -0.15) is 9.35 Å². The molecule has 0 spiro atoms. The average Bonchev–Trinajstić information content (AvgIpc) is 3.53. The van der Waals surface area contributed by atoms with Gasteiger partial charge in [-0.15, -0.1) is 11.3 Å². The number of hydrogen-bond donors (Lipinski definition) is 6. The van der Waals surface area contributed by atoms with Gasteiger partial charge in [0.15, 0.2) is 10.8 Å². The lowest BCUT2D eigenvalue weighted by Gasteiger charge is -2.51. The predicted octanol–water partition coefficient (Wildman–Crippen LogP) is -0.638. The Hall–Kier alpha value is -5.26. The van der Waals surface area contributed by atoms with E-state index in [1.807, 2.05) is 12.3 Å². The number of rotatable bonds is 18. The van der Waals surface area contributed by atoms with Crippen LogP contribution in [-0.4, -0.2) is 94.4 Å². The number of hydrogen-bond acceptors (Lipinski definition) is 16. The molecule has 2 aromatic heterocycles. The Balaban J connectivity index is 1.40. The second-order valence-electron chi connectivity index (χ2n) is 12.2. The minimum atomic E-state index is -5.28. The number of carboxylic acids is 1. The van der Waals surface area contributed by atoms with E-state index < -0.39 is 64.2 Å². The summed E-state index contributed by atoms with van der Waals surface area (Å²) >= 11 is 0.938. The van der Waals surface area contributed by atoms with Gasteiger partial charge in [0, 0.05) is 17.0 Å². The number of thiazole rings is 1. The summed E-state index contributed by atoms with van der Waals surface area (Å²) in [6.45, 7) is 2.64. The monoisotopic (exact) mass is 777 g/mol. The lowest BCUT2D eigenvalue weighted by Crippen LogP contribution is -2.76. The number of benzene rings is 1. The van der Waals surface area contributed by atoms with Crippen molar-refractivity contribution in [3.63, 3.8) is 0 Å². The summed E-state index contributed by atoms with van der Waals surface area (Å²) in [4.78, 5) is 59.4. The van der Waals surface area contributed by atoms with Crippen LogP contribution in [0.2, 0.25) is 0 Å². The molecule has 53 heavy (non-hydrogen) atoms. The largest absolute Gasteiger partial charge is 0.724 e. The molecule has 1 aliphatic heterocycles. The fraction of sp³-hybridized carbons (Fsp3) is 0.387. The molecule has 1 aromatic carbocycles. The number of pyridine rings is 1. The van der Waals surface area contributed by atoms with E-state index in [0.29, 0.717) is 23.8 Å². The van der Waals surface area contributed by atoms with Crippen LogP contribution in [0.25, 0.3) is 11.1 Å². The number of amides is 3. The number of anilines is 2. The topological polar surface area (TPSA) is 308 Å². The third kappa shape index (κ3) is 10.4. The molecule has 4 rings (SSSR count). The zero-order chi connectivity index (χ0) is 39.1. The number of carbonyl (C=O) groups is 4. The van der Waals surface area contributed by atoms with Gasteiger partial charge in [0.05, 0.1) is 18.8 Å². The highest BCUT2D eigenvalue weighted by Crippen LogP contribution is 2.33. The molecule has 9 N–H and O–H groups in total. The third-order valence-electron chi connectivity index (χ3n) is 7.92. The molecule has 0 bridgehead atoms. The fourth-order valence-electron chi connectivity index (χ4n) is 4.96. The molecule has 0 aliphatic carbocycles. The van der Waals surface area contributed by atoms with Crippen LogP contribution in [0.1, 0.15) is 38.8 Å². The number of carboxylic acid groups (broad SMARTS) is 1. The maximum atomic E-state index is 13.3. The van der Waals surface area contributed by atoms with E-state index in [9.17, 15) is 37.3 Å². The standard InChI is InChI=1S/C31H39N9O11S2/c1-31(2)25(28(43)40(31)51-53(46,47)48)37-27(42)24(21-16-52-30(34)35-21)38-50-22(29(44)45)15-49-19-10-7-17(8-11-19)18-9-12-23(39(3)14-18)36-26(41)20(33)6-4-5-13-32/h7-12,14,16,20,22,25H,4-6,13,15,32-33H2,1-3H3,(H5,34,35,37,42,44,45,46,47,48)/b38-24-/t20-,22-,25+/m0/s1. The van der Waals surface area contributed by atoms with E-state index in [-0.39, 0.29) is 22.5 Å². The summed E-state index contributed by atoms with van der Waals surface area (Å²) in [5.41, 5.74) is 16.6. The van der Waals surface area contributed by atoms with Gasteiger partial charge in [0.1, 0.15) is 30.1 Å². The van der Waals surface area contributed by atoms with Gasteiger partial charge in [-0.1, -0.05) is 23.7 Å². The van der Waals surface area contributed by atoms with Crippen LogP contribution in [0.4, 0.5) is 10.9 Å². The van der Waals surface area contributed by atoms with Gasteiger partial charge in [0.25, 0.3) is 23.7 Å². The first-order valence-corrected chi connectivity index (χ1v) is 18.1. The Labute approximate surface area is 307 Å². The molecule has 20 nitrogen and oxygen atoms in total. The van der Waals surface area contributed by atoms with E-state index >= 15 is 0 Å². The zero-order valence-corrected chi connectivity index (χ0v) is 30.4. The molecule has 1 saturated heterocycles. The number of nitrogens with one attached hydrogen (secondary N) is 2. The summed E-state index contributed by atoms with van der Waals surface area (Å²) in [5.74, 6) is -3.06. The smallest absolute Gasteiger partial charge is 0.351 e. The summed E-state index contributed by atoms with van der Waals surface area (Å²) in [6, 6.07) is 8.20. The molecular weight excluding hydrogens is 739 g/mol. The van der Waals surface area contributed by atoms with Crippen molar-refractivity contribution in [1.29, 1.82) is 0 Å². The first kappa shape index (κ1) is 40.5. The van der Waals surface area contributed by atoms with E-state index in [4.69, 9.17) is 26.8 Å². The first-order chi connectivity index (χ1) is 24.9. The number of carbonyl (C=O) groups excluding carboxylic acids is 3. The lowest BCUT2D eigenvalue weighted by atomic mass is 9.84. The summed E-state index contributed by atoms with van der Waals surface area (Å²) in [5, 5.41) is 20.3. The Morgan fingerprint density at radius 1 is 1.17 bits per heavy atom. The van der Waals surface area contributed by atoms with Crippen LogP contribution < -0.4 is 37.1 Å². The van der Waals surface area contributed by atoms with Gasteiger partial charge >= 0.3 is 11.9 Å². The van der Waals surface area contributed by atoms with Crippen LogP contribution in [-0.2, 0) is 45.7 Å². The number of aliphatic carboxylic acids is 1. The summed E-state index contributed by atoms with van der Waals surface area (Å²) < 4.78 is 44.6. The number of nitrogens with two attached hydrogens (primary N) is 3. The maximum absolute atomic E-state index is 13.3. The van der Waals surface area contributed by atoms with Crippen molar-refractivity contribution in [2.45, 2.75) is 56.8 Å². The van der Waals surface area contributed by atoms with Crippen molar-refractivity contribution in [3.05, 3.63) is 53.7 Å². The number of unbranched alkanes of at least 4 members (excludes halogenated alkanes) is 1. The van der Waals surface area contributed by atoms with Crippen LogP contribution in [0, 0.1) is 0 Å². The molecule has 3 aromatic rings. The zero-order valence-electron chi connectivity index (χ0n) is 28.8. The van der Waals surface area contributed by atoms with Gasteiger partial charge in [-0.05, 0) is 57.0 Å². The molecule has 286 valence electrons. The Bertz CT molecular complexity index is 1970. The Kier molecular flexibility index (Phi) is 13.0. The molecule has 0 saturated carbocycles. The van der Waals surface area contributed by atoms with E-state index in [1.54, 1.807) is 41.9 Å². The minimum Gasteiger partial charge on any atom is -0.724 e. The van der Waals surface area contributed by atoms with E-state index in [0.717, 1.165) is 35.3 Å². The number of aryl methyl sites for hydroxylation is 1. The van der Waals surface area contributed by atoms with Crippen molar-refractivity contribution >= 4 is 62.1 Å². The summed E-state index contributed by atoms with van der Waals surface area (Å²) in [6.07, 6.45) is 2.14. The molecule has 3 amide bonds. The quantitative estimate of drug-likeness (QED) is 0.0178. The van der Waals surface area contributed by atoms with Gasteiger partial charge in [0.2, 0.25) is 10.4 Å². The van der Waals surface area contributed by atoms with Crippen LogP contribution in [0.3, 0.4) is 0 Å². The molecule has 3 heterocycles. The molecule has 0 radical (unpaired) electrons. The van der Waals surface area contributed by atoms with Gasteiger partial charge in [-0.3, -0.25) is 9.59 Å². The first-order valence-electron chi connectivity index (χ1n) is 15.9. The highest BCUT2D eigenvalue weighted by Gasteiger charge is 2.57. The number of ether oxygens (including phenoxy) is 1. The van der Waals surface area contributed by atoms with Crippen LogP contribution in [0.5, 0.6) is 5.75 Å². The van der Waals surface area contributed by atoms with Crippen LogP contribution in [0.15, 0.2) is 53.1 Å². The lowest BCUT2D eigenvalue weighted by molar-refractivity contribution is -0.656. The normalized spacial score (nSPS) is 16.6. The number of nitrogens with zero attached hydrogens (tertiary/aromatic N) is 4. The van der Waals surface area contributed by atoms with Crippen molar-refractivity contribution in [2.75, 3.05) is 24.2 Å². The number of aromatic nitrogens is 2. The average molecular weight is 778 g/mol. The highest BCUT2D eigenvalue weighted by molar-refractivity contribution is 7.80. The van der Waals surface area contributed by atoms with E-state index in [1.165, 1.54) is 19.2 Å². The maximum Gasteiger partial charge on any atom is 0.351 e. The fourth-order valence-corrected chi connectivity index (χ4v) is 5.96. The number of β-lactam (4-membered cyclic amide) rings is 1. The third-order valence-corrected chi connectivity index (χ3v) is 8.93. The van der Waals surface area contributed by atoms with Crippen molar-refractivity contribution < 1.29 is 55.7 Å². The van der Waals surface area contributed by atoms with Crippen molar-refractivity contribution in [1.82, 2.24) is 15.4 Å². The molecular formula is C31H39N9O11S2. The Morgan fingerprint density at radius 3 is 2.42 bits per heavy atom. The van der Waals surface area contributed by atoms with Gasteiger partial charge in [-0.25, -0.2) is 32.9 Å². The van der Waals surface area contributed by atoms with Crippen molar-refractivity contribution in [3.8, 4) is 16.9 Å². The molecule has 0 unspecified atom stereocenters. The molecule has 3 atom stereocenters.